The quantitative estimate of drug-likeness (QED) is 0.288. The van der Waals surface area contributed by atoms with E-state index in [1.165, 1.54) is 11.8 Å². The van der Waals surface area contributed by atoms with Crippen LogP contribution in [-0.2, 0) is 28.3 Å². The lowest BCUT2D eigenvalue weighted by molar-refractivity contribution is -0.178. The van der Waals surface area contributed by atoms with E-state index < -0.39 is 58.7 Å². The number of aliphatic hydroxyl groups is 3. The molecule has 0 aromatic heterocycles. The largest absolute Gasteiger partial charge is 0.508 e. The highest BCUT2D eigenvalue weighted by Gasteiger charge is 2.66. The van der Waals surface area contributed by atoms with E-state index >= 15 is 0 Å². The van der Waals surface area contributed by atoms with Crippen LogP contribution in [0.25, 0.3) is 0 Å². The van der Waals surface area contributed by atoms with Gasteiger partial charge in [-0.25, -0.2) is 0 Å². The topological polar surface area (TPSA) is 187 Å². The molecule has 1 aromatic carbocycles. The van der Waals surface area contributed by atoms with Crippen molar-refractivity contribution in [2.75, 3.05) is 20.4 Å². The van der Waals surface area contributed by atoms with Gasteiger partial charge in [-0.1, -0.05) is 0 Å². The maximum atomic E-state index is 13.7. The van der Waals surface area contributed by atoms with Gasteiger partial charge in [0.05, 0.1) is 11.7 Å². The molecule has 1 fully saturated rings. The van der Waals surface area contributed by atoms with Crippen LogP contribution in [0.3, 0.4) is 0 Å². The molecule has 1 aromatic rings. The summed E-state index contributed by atoms with van der Waals surface area (Å²) in [5, 5.41) is 44.8. The van der Waals surface area contributed by atoms with Crippen molar-refractivity contribution in [3.8, 4) is 5.75 Å². The highest BCUT2D eigenvalue weighted by atomic mass is 32.2. The minimum Gasteiger partial charge on any atom is -0.508 e. The number of amides is 1. The molecule has 8 N–H and O–H groups in total. The Labute approximate surface area is 207 Å². The number of likely N-dealkylation sites (N-methyl/N-ethyl adjacent to an activating group) is 1. The van der Waals surface area contributed by atoms with Crippen molar-refractivity contribution in [2.45, 2.75) is 42.9 Å². The van der Waals surface area contributed by atoms with Crippen molar-refractivity contribution in [3.05, 3.63) is 39.7 Å². The first-order valence-electron chi connectivity index (χ1n) is 11.4. The first-order chi connectivity index (χ1) is 16.4. The minimum atomic E-state index is -2.59. The molecule has 0 spiro atoms. The molecule has 3 aliphatic rings. The molecule has 1 amide bonds. The lowest BCUT2D eigenvalue weighted by Crippen LogP contribution is -2.71. The standard InChI is InChI=1S/C24H31N3O7S/c1-27(2)17-13-6-9-5-12-10(7-25)4-11(8-35-3)18(28)15(12)19(29)14(9)21(31)24(13,34)22(32)16(20(17)30)23(26)33/h4,9,13,16-17,20,28,30-31,34H,5-8,25H2,1-3H3,(H2,26,33). The number of allylic oxidation sites excluding steroid dienone is 1. The number of rotatable bonds is 5. The number of nitrogens with two attached hydrogens (primary N) is 2. The lowest BCUT2D eigenvalue weighted by Gasteiger charge is -2.53. The summed E-state index contributed by atoms with van der Waals surface area (Å²) in [5.74, 6) is -6.94. The summed E-state index contributed by atoms with van der Waals surface area (Å²) in [7, 11) is 3.25. The van der Waals surface area contributed by atoms with Crippen LogP contribution in [0.2, 0.25) is 0 Å². The number of thioether (sulfide) groups is 1. The van der Waals surface area contributed by atoms with Crippen molar-refractivity contribution in [2.24, 2.45) is 29.2 Å². The third-order valence-corrected chi connectivity index (χ3v) is 8.38. The number of aromatic hydroxyl groups is 1. The molecule has 190 valence electrons. The van der Waals surface area contributed by atoms with E-state index in [0.29, 0.717) is 22.4 Å². The molecule has 0 heterocycles. The number of benzene rings is 1. The van der Waals surface area contributed by atoms with Crippen LogP contribution in [0.1, 0.15) is 33.5 Å². The Balaban J connectivity index is 1.95. The Morgan fingerprint density at radius 1 is 1.26 bits per heavy atom. The fraction of sp³-hybridized carbons (Fsp3) is 0.542. The average Bonchev–Trinajstić information content (AvgIpc) is 2.77. The number of hydrogen-bond acceptors (Lipinski definition) is 10. The van der Waals surface area contributed by atoms with E-state index in [0.717, 1.165) is 0 Å². The molecule has 0 radical (unpaired) electrons. The maximum Gasteiger partial charge on any atom is 0.230 e. The Morgan fingerprint density at radius 2 is 1.91 bits per heavy atom. The van der Waals surface area contributed by atoms with Gasteiger partial charge in [-0.15, -0.1) is 0 Å². The minimum absolute atomic E-state index is 0.00996. The van der Waals surface area contributed by atoms with Gasteiger partial charge < -0.3 is 36.8 Å². The number of nitrogens with zero attached hydrogens (tertiary/aromatic N) is 1. The monoisotopic (exact) mass is 505 g/mol. The van der Waals surface area contributed by atoms with E-state index in [1.54, 1.807) is 25.1 Å². The summed E-state index contributed by atoms with van der Waals surface area (Å²) in [6, 6.07) is 0.876. The third-order valence-electron chi connectivity index (χ3n) is 7.78. The molecule has 11 heteroatoms. The highest BCUT2D eigenvalue weighted by Crippen LogP contribution is 2.53. The Kier molecular flexibility index (Phi) is 6.52. The number of phenols is 1. The maximum absolute atomic E-state index is 13.7. The number of primary amides is 1. The molecule has 0 saturated heterocycles. The smallest absolute Gasteiger partial charge is 0.230 e. The molecule has 35 heavy (non-hydrogen) atoms. The van der Waals surface area contributed by atoms with Crippen molar-refractivity contribution >= 4 is 29.2 Å². The number of aliphatic hydroxyl groups excluding tert-OH is 2. The molecule has 10 nitrogen and oxygen atoms in total. The number of Topliss-reactive ketones (excluding diaryl/α,β-unsaturated/α-hetero) is 2. The molecule has 0 bridgehead atoms. The van der Waals surface area contributed by atoms with Crippen molar-refractivity contribution in [1.82, 2.24) is 4.90 Å². The van der Waals surface area contributed by atoms with Gasteiger partial charge in [0.15, 0.2) is 17.2 Å². The average molecular weight is 506 g/mol. The fourth-order valence-corrected chi connectivity index (χ4v) is 6.79. The SMILES string of the molecule is CSCc1cc(CN)c2c(c1O)C(=O)C1=C(O)C3(O)C(=O)C(C(N)=O)C(O)C(N(C)C)C3CC1C2. The van der Waals surface area contributed by atoms with Gasteiger partial charge in [-0.05, 0) is 56.3 Å². The van der Waals surface area contributed by atoms with Gasteiger partial charge >= 0.3 is 0 Å². The van der Waals surface area contributed by atoms with Crippen molar-refractivity contribution in [3.63, 3.8) is 0 Å². The zero-order valence-corrected chi connectivity index (χ0v) is 20.6. The zero-order chi connectivity index (χ0) is 26.0. The fourth-order valence-electron chi connectivity index (χ4n) is 6.26. The summed E-state index contributed by atoms with van der Waals surface area (Å²) in [4.78, 5) is 40.7. The summed E-state index contributed by atoms with van der Waals surface area (Å²) in [6.45, 7) is 0.139. The molecule has 3 aliphatic carbocycles. The molecule has 6 unspecified atom stereocenters. The van der Waals surface area contributed by atoms with Crippen molar-refractivity contribution < 1.29 is 34.8 Å². The van der Waals surface area contributed by atoms with Crippen LogP contribution in [0.4, 0.5) is 0 Å². The Morgan fingerprint density at radius 3 is 2.46 bits per heavy atom. The second kappa shape index (κ2) is 8.90. The number of ketones is 2. The number of carbonyl (C=O) groups excluding carboxylic acids is 3. The number of fused-ring (bicyclic) bond motifs is 3. The molecular formula is C24H31N3O7S. The molecule has 1 saturated carbocycles. The summed E-state index contributed by atoms with van der Waals surface area (Å²) in [5.41, 5.74) is 10.4. The van der Waals surface area contributed by atoms with Crippen LogP contribution in [0, 0.1) is 17.8 Å². The Hall–Kier alpha value is -2.44. The van der Waals surface area contributed by atoms with Crippen LogP contribution in [-0.4, -0.2) is 80.9 Å². The summed E-state index contributed by atoms with van der Waals surface area (Å²) in [6.07, 6.45) is 0.675. The second-order valence-corrected chi connectivity index (χ2v) is 10.7. The first-order valence-corrected chi connectivity index (χ1v) is 12.7. The van der Waals surface area contributed by atoms with Crippen LogP contribution in [0.5, 0.6) is 5.75 Å². The van der Waals surface area contributed by atoms with Gasteiger partial charge in [0.2, 0.25) is 5.91 Å². The van der Waals surface area contributed by atoms with E-state index in [9.17, 15) is 34.8 Å². The van der Waals surface area contributed by atoms with Gasteiger partial charge in [0.25, 0.3) is 0 Å². The second-order valence-electron chi connectivity index (χ2n) is 9.82. The number of carbonyl (C=O) groups is 3. The van der Waals surface area contributed by atoms with E-state index in [1.807, 2.05) is 6.26 Å². The van der Waals surface area contributed by atoms with Gasteiger partial charge in [0.1, 0.15) is 17.4 Å². The van der Waals surface area contributed by atoms with Crippen LogP contribution < -0.4 is 11.5 Å². The third kappa shape index (κ3) is 3.52. The normalized spacial score (nSPS) is 32.4. The summed E-state index contributed by atoms with van der Waals surface area (Å²) >= 11 is 1.45. The molecule has 4 rings (SSSR count). The molecule has 6 atom stereocenters. The van der Waals surface area contributed by atoms with Gasteiger partial charge in [0, 0.05) is 35.4 Å². The zero-order valence-electron chi connectivity index (χ0n) is 19.8. The number of hydrogen-bond donors (Lipinski definition) is 6. The van der Waals surface area contributed by atoms with Crippen LogP contribution in [0.15, 0.2) is 17.4 Å². The molecular weight excluding hydrogens is 474 g/mol. The molecule has 0 aliphatic heterocycles. The van der Waals surface area contributed by atoms with E-state index in [2.05, 4.69) is 0 Å². The first kappa shape index (κ1) is 25.6. The lowest BCUT2D eigenvalue weighted by atomic mass is 9.55. The number of phenolic OH excluding ortho intramolecular Hbond substituents is 1. The predicted octanol–water partition coefficient (Wildman–Crippen LogP) is -0.393. The van der Waals surface area contributed by atoms with E-state index in [-0.39, 0.29) is 36.3 Å². The predicted molar refractivity (Wildman–Crippen MR) is 129 cm³/mol. The summed E-state index contributed by atoms with van der Waals surface area (Å²) < 4.78 is 0. The Bertz CT molecular complexity index is 1150. The van der Waals surface area contributed by atoms with Gasteiger partial charge in [-0.3, -0.25) is 14.4 Å². The van der Waals surface area contributed by atoms with Gasteiger partial charge in [-0.2, -0.15) is 11.8 Å². The van der Waals surface area contributed by atoms with Crippen molar-refractivity contribution in [1.29, 1.82) is 0 Å². The highest BCUT2D eigenvalue weighted by molar-refractivity contribution is 7.97. The van der Waals surface area contributed by atoms with Crippen LogP contribution >= 0.6 is 11.8 Å². The van der Waals surface area contributed by atoms with E-state index in [4.69, 9.17) is 11.5 Å².